The fourth-order valence-corrected chi connectivity index (χ4v) is 2.72. The summed E-state index contributed by atoms with van der Waals surface area (Å²) < 4.78 is 0. The molecule has 2 aromatic carbocycles. The molecule has 130 valence electrons. The first-order valence-electron chi connectivity index (χ1n) is 8.67. The van der Waals surface area contributed by atoms with Crippen molar-refractivity contribution >= 4 is 0 Å². The van der Waals surface area contributed by atoms with Gasteiger partial charge in [-0.3, -0.25) is 0 Å². The van der Waals surface area contributed by atoms with Crippen molar-refractivity contribution in [3.8, 4) is 11.3 Å². The topological polar surface area (TPSA) is 63.0 Å². The molecule has 1 aromatic heterocycles. The SMILES string of the molecule is CC[C@H](CO)NCc1nn(Cc2ccccc2)nc1-c1ccccc1. The number of aliphatic hydroxyl groups excluding tert-OH is 1. The Bertz CT molecular complexity index is 767. The fraction of sp³-hybridized carbons (Fsp3) is 0.300. The van der Waals surface area contributed by atoms with Gasteiger partial charge >= 0.3 is 0 Å². The number of hydrogen-bond acceptors (Lipinski definition) is 4. The molecule has 0 saturated heterocycles. The predicted molar refractivity (Wildman–Crippen MR) is 99.0 cm³/mol. The standard InChI is InChI=1S/C20H24N4O/c1-2-18(15-25)21-13-19-20(17-11-7-4-8-12-17)23-24(22-19)14-16-9-5-3-6-10-16/h3-12,18,21,25H,2,13-15H2,1H3/t18-/m1/s1. The molecule has 0 saturated carbocycles. The van der Waals surface area contributed by atoms with Crippen LogP contribution in [0.2, 0.25) is 0 Å². The van der Waals surface area contributed by atoms with Gasteiger partial charge in [-0.25, -0.2) is 0 Å². The van der Waals surface area contributed by atoms with Gasteiger partial charge in [-0.05, 0) is 12.0 Å². The maximum absolute atomic E-state index is 9.39. The second-order valence-electron chi connectivity index (χ2n) is 6.05. The van der Waals surface area contributed by atoms with Crippen LogP contribution in [0.5, 0.6) is 0 Å². The number of aromatic nitrogens is 3. The van der Waals surface area contributed by atoms with Crippen molar-refractivity contribution in [1.29, 1.82) is 0 Å². The van der Waals surface area contributed by atoms with E-state index in [1.165, 1.54) is 5.56 Å². The number of hydrogen-bond donors (Lipinski definition) is 2. The average Bonchev–Trinajstić information content (AvgIpc) is 3.07. The minimum absolute atomic E-state index is 0.0721. The summed E-state index contributed by atoms with van der Waals surface area (Å²) in [7, 11) is 0. The molecular weight excluding hydrogens is 312 g/mol. The second kappa shape index (κ2) is 8.55. The fourth-order valence-electron chi connectivity index (χ4n) is 2.72. The molecular formula is C20H24N4O. The van der Waals surface area contributed by atoms with E-state index < -0.39 is 0 Å². The summed E-state index contributed by atoms with van der Waals surface area (Å²) in [5.74, 6) is 0. The summed E-state index contributed by atoms with van der Waals surface area (Å²) in [5.41, 5.74) is 4.00. The highest BCUT2D eigenvalue weighted by atomic mass is 16.3. The molecule has 0 aliphatic rings. The second-order valence-corrected chi connectivity index (χ2v) is 6.05. The molecule has 3 rings (SSSR count). The van der Waals surface area contributed by atoms with Crippen LogP contribution < -0.4 is 5.32 Å². The Labute approximate surface area is 148 Å². The molecule has 0 unspecified atom stereocenters. The van der Waals surface area contributed by atoms with Crippen LogP contribution in [-0.2, 0) is 13.1 Å². The normalized spacial score (nSPS) is 12.2. The van der Waals surface area contributed by atoms with Crippen LogP contribution in [0.15, 0.2) is 60.7 Å². The van der Waals surface area contributed by atoms with E-state index in [-0.39, 0.29) is 12.6 Å². The molecule has 0 aliphatic heterocycles. The zero-order chi connectivity index (χ0) is 17.5. The highest BCUT2D eigenvalue weighted by molar-refractivity contribution is 5.60. The maximum Gasteiger partial charge on any atom is 0.117 e. The van der Waals surface area contributed by atoms with Gasteiger partial charge in [0.05, 0.1) is 13.2 Å². The zero-order valence-corrected chi connectivity index (χ0v) is 14.5. The van der Waals surface area contributed by atoms with Gasteiger partial charge in [-0.1, -0.05) is 67.6 Å². The lowest BCUT2D eigenvalue weighted by Gasteiger charge is -2.12. The molecule has 5 heteroatoms. The number of nitrogens with zero attached hydrogens (tertiary/aromatic N) is 3. The van der Waals surface area contributed by atoms with Crippen LogP contribution in [0.25, 0.3) is 11.3 Å². The Morgan fingerprint density at radius 1 is 1.00 bits per heavy atom. The van der Waals surface area contributed by atoms with E-state index in [0.29, 0.717) is 13.1 Å². The van der Waals surface area contributed by atoms with E-state index in [0.717, 1.165) is 23.4 Å². The Morgan fingerprint density at radius 3 is 2.32 bits per heavy atom. The third kappa shape index (κ3) is 4.53. The molecule has 0 bridgehead atoms. The lowest BCUT2D eigenvalue weighted by molar-refractivity contribution is 0.238. The van der Waals surface area contributed by atoms with E-state index in [2.05, 4.69) is 29.5 Å². The molecule has 3 aromatic rings. The van der Waals surface area contributed by atoms with Gasteiger partial charge in [0.2, 0.25) is 0 Å². The van der Waals surface area contributed by atoms with Gasteiger partial charge in [0.25, 0.3) is 0 Å². The largest absolute Gasteiger partial charge is 0.395 e. The van der Waals surface area contributed by atoms with E-state index in [1.54, 1.807) is 4.80 Å². The molecule has 1 atom stereocenters. The van der Waals surface area contributed by atoms with Crippen LogP contribution in [0.4, 0.5) is 0 Å². The lowest BCUT2D eigenvalue weighted by Crippen LogP contribution is -2.31. The number of benzene rings is 2. The van der Waals surface area contributed by atoms with Gasteiger partial charge in [0.1, 0.15) is 11.4 Å². The van der Waals surface area contributed by atoms with Crippen molar-refractivity contribution in [3.05, 3.63) is 71.9 Å². The van der Waals surface area contributed by atoms with E-state index in [9.17, 15) is 5.11 Å². The number of aliphatic hydroxyl groups is 1. The quantitative estimate of drug-likeness (QED) is 0.664. The predicted octanol–water partition coefficient (Wildman–Crippen LogP) is 2.85. The van der Waals surface area contributed by atoms with Gasteiger partial charge in [0.15, 0.2) is 0 Å². The first kappa shape index (κ1) is 17.3. The van der Waals surface area contributed by atoms with E-state index in [4.69, 9.17) is 5.10 Å². The minimum atomic E-state index is 0.0721. The van der Waals surface area contributed by atoms with Crippen molar-refractivity contribution < 1.29 is 5.11 Å². The Balaban J connectivity index is 1.86. The summed E-state index contributed by atoms with van der Waals surface area (Å²) >= 11 is 0. The van der Waals surface area contributed by atoms with Crippen molar-refractivity contribution in [1.82, 2.24) is 20.3 Å². The zero-order valence-electron chi connectivity index (χ0n) is 14.5. The summed E-state index contributed by atoms with van der Waals surface area (Å²) in [5, 5.41) is 22.1. The number of rotatable bonds is 8. The summed E-state index contributed by atoms with van der Waals surface area (Å²) in [6.07, 6.45) is 0.870. The number of nitrogens with one attached hydrogen (secondary N) is 1. The van der Waals surface area contributed by atoms with Crippen molar-refractivity contribution in [3.63, 3.8) is 0 Å². The third-order valence-electron chi connectivity index (χ3n) is 4.21. The minimum Gasteiger partial charge on any atom is -0.395 e. The maximum atomic E-state index is 9.39. The highest BCUT2D eigenvalue weighted by Crippen LogP contribution is 2.20. The molecule has 5 nitrogen and oxygen atoms in total. The summed E-state index contributed by atoms with van der Waals surface area (Å²) in [6.45, 7) is 3.39. The van der Waals surface area contributed by atoms with E-state index >= 15 is 0 Å². The smallest absolute Gasteiger partial charge is 0.117 e. The summed E-state index contributed by atoms with van der Waals surface area (Å²) in [6, 6.07) is 20.4. The third-order valence-corrected chi connectivity index (χ3v) is 4.21. The van der Waals surface area contributed by atoms with Crippen molar-refractivity contribution in [2.24, 2.45) is 0 Å². The van der Waals surface area contributed by atoms with Crippen LogP contribution in [0.3, 0.4) is 0 Å². The molecule has 1 heterocycles. The van der Waals surface area contributed by atoms with Crippen LogP contribution in [0.1, 0.15) is 24.6 Å². The molecule has 0 amide bonds. The van der Waals surface area contributed by atoms with Crippen LogP contribution in [-0.4, -0.2) is 32.7 Å². The summed E-state index contributed by atoms with van der Waals surface area (Å²) in [4.78, 5) is 1.74. The van der Waals surface area contributed by atoms with Crippen molar-refractivity contribution in [2.45, 2.75) is 32.5 Å². The van der Waals surface area contributed by atoms with Gasteiger partial charge < -0.3 is 10.4 Å². The lowest BCUT2D eigenvalue weighted by atomic mass is 10.1. The molecule has 25 heavy (non-hydrogen) atoms. The molecule has 0 fully saturated rings. The average molecular weight is 336 g/mol. The molecule has 0 radical (unpaired) electrons. The van der Waals surface area contributed by atoms with Crippen molar-refractivity contribution in [2.75, 3.05) is 6.61 Å². The monoisotopic (exact) mass is 336 g/mol. The van der Waals surface area contributed by atoms with Gasteiger partial charge in [-0.15, -0.1) is 0 Å². The molecule has 2 N–H and O–H groups in total. The highest BCUT2D eigenvalue weighted by Gasteiger charge is 2.14. The first-order chi connectivity index (χ1) is 12.3. The van der Waals surface area contributed by atoms with E-state index in [1.807, 2.05) is 48.5 Å². The Morgan fingerprint density at radius 2 is 1.68 bits per heavy atom. The van der Waals surface area contributed by atoms with Gasteiger partial charge in [0, 0.05) is 18.2 Å². The first-order valence-corrected chi connectivity index (χ1v) is 8.67. The van der Waals surface area contributed by atoms with Gasteiger partial charge in [-0.2, -0.15) is 15.0 Å². The van der Waals surface area contributed by atoms with Crippen LogP contribution >= 0.6 is 0 Å². The molecule has 0 aliphatic carbocycles. The molecule has 0 spiro atoms. The van der Waals surface area contributed by atoms with Crippen LogP contribution in [0, 0.1) is 0 Å². The Hall–Kier alpha value is -2.50. The Kier molecular flexibility index (Phi) is 5.93.